The van der Waals surface area contributed by atoms with E-state index in [0.29, 0.717) is 17.3 Å². The summed E-state index contributed by atoms with van der Waals surface area (Å²) < 4.78 is 11.5. The van der Waals surface area contributed by atoms with Crippen LogP contribution < -0.4 is 14.8 Å². The Morgan fingerprint density at radius 1 is 1.04 bits per heavy atom. The van der Waals surface area contributed by atoms with Gasteiger partial charge in [-0.15, -0.1) is 11.8 Å². The molecule has 5 nitrogen and oxygen atoms in total. The summed E-state index contributed by atoms with van der Waals surface area (Å²) in [6.07, 6.45) is 7.15. The molecule has 0 radical (unpaired) electrons. The van der Waals surface area contributed by atoms with Gasteiger partial charge in [0.25, 0.3) is 5.91 Å². The summed E-state index contributed by atoms with van der Waals surface area (Å²) >= 11 is 1.78. The number of ether oxygens (including phenoxy) is 2. The van der Waals surface area contributed by atoms with E-state index in [1.165, 1.54) is 38.5 Å². The van der Waals surface area contributed by atoms with Crippen LogP contribution in [0.4, 0.5) is 0 Å². The normalized spacial score (nSPS) is 35.7. The van der Waals surface area contributed by atoms with E-state index in [2.05, 4.69) is 5.32 Å². The monoisotopic (exact) mass is 387 g/mol. The Hall–Kier alpha value is -1.69. The highest BCUT2D eigenvalue weighted by Crippen LogP contribution is 2.60. The lowest BCUT2D eigenvalue weighted by atomic mass is 9.56. The molecule has 1 N–H and O–H groups in total. The van der Waals surface area contributed by atoms with Gasteiger partial charge in [-0.05, 0) is 68.4 Å². The Kier molecular flexibility index (Phi) is 4.34. The molecule has 5 aliphatic rings. The van der Waals surface area contributed by atoms with E-state index < -0.39 is 12.0 Å². The Morgan fingerprint density at radius 2 is 1.67 bits per heavy atom. The van der Waals surface area contributed by atoms with Crippen molar-refractivity contribution in [1.29, 1.82) is 0 Å². The van der Waals surface area contributed by atoms with E-state index in [1.54, 1.807) is 23.9 Å². The van der Waals surface area contributed by atoms with Crippen molar-refractivity contribution in [3.05, 3.63) is 24.3 Å². The van der Waals surface area contributed by atoms with E-state index >= 15 is 0 Å². The largest absolute Gasteiger partial charge is 0.485 e. The third-order valence-electron chi connectivity index (χ3n) is 6.56. The lowest BCUT2D eigenvalue weighted by Crippen LogP contribution is -2.50. The standard InChI is InChI=1S/C21H25NO4S/c23-19(12-27-21-8-13-5-14(9-21)7-15(6-13)10-21)22-20(24)18-11-25-16-3-1-2-4-17(16)26-18/h1-4,13-15,18H,5-12H2,(H,22,23,24)/t13?,14?,15?,18-,21?/m1/s1. The summed E-state index contributed by atoms with van der Waals surface area (Å²) in [6.45, 7) is 0.123. The smallest absolute Gasteiger partial charge is 0.271 e. The van der Waals surface area contributed by atoms with Crippen molar-refractivity contribution in [2.75, 3.05) is 12.4 Å². The second-order valence-corrected chi connectivity index (χ2v) is 10.1. The Bertz CT molecular complexity index is 729. The molecular formula is C21H25NO4S. The summed E-state index contributed by atoms with van der Waals surface area (Å²) in [5, 5.41) is 2.51. The number of rotatable bonds is 4. The Morgan fingerprint density at radius 3 is 2.33 bits per heavy atom. The molecule has 144 valence electrons. The molecule has 4 fully saturated rings. The van der Waals surface area contributed by atoms with Crippen LogP contribution >= 0.6 is 11.8 Å². The number of thioether (sulfide) groups is 1. The molecule has 0 spiro atoms. The number of fused-ring (bicyclic) bond motifs is 1. The molecule has 1 aromatic carbocycles. The summed E-state index contributed by atoms with van der Waals surface area (Å²) in [6, 6.07) is 7.25. The first-order valence-electron chi connectivity index (χ1n) is 9.95. The van der Waals surface area contributed by atoms with E-state index in [-0.39, 0.29) is 17.3 Å². The second-order valence-electron chi connectivity index (χ2n) is 8.67. The van der Waals surface area contributed by atoms with Crippen LogP contribution in [-0.4, -0.2) is 35.0 Å². The number of para-hydroxylation sites is 2. The van der Waals surface area contributed by atoms with Crippen LogP contribution in [0.5, 0.6) is 11.5 Å². The van der Waals surface area contributed by atoms with Crippen molar-refractivity contribution in [3.63, 3.8) is 0 Å². The molecule has 4 saturated carbocycles. The number of carbonyl (C=O) groups is 2. The number of hydrogen-bond acceptors (Lipinski definition) is 5. The molecular weight excluding hydrogens is 362 g/mol. The van der Waals surface area contributed by atoms with Gasteiger partial charge in [-0.2, -0.15) is 0 Å². The van der Waals surface area contributed by atoms with E-state index in [9.17, 15) is 9.59 Å². The fourth-order valence-electron chi connectivity index (χ4n) is 5.83. The quantitative estimate of drug-likeness (QED) is 0.860. The number of nitrogens with one attached hydrogen (secondary N) is 1. The molecule has 6 rings (SSSR count). The molecule has 27 heavy (non-hydrogen) atoms. The van der Waals surface area contributed by atoms with Gasteiger partial charge < -0.3 is 9.47 Å². The van der Waals surface area contributed by atoms with Gasteiger partial charge >= 0.3 is 0 Å². The van der Waals surface area contributed by atoms with Crippen LogP contribution in [0, 0.1) is 17.8 Å². The average molecular weight is 388 g/mol. The van der Waals surface area contributed by atoms with Gasteiger partial charge in [0.05, 0.1) is 5.75 Å². The highest BCUT2D eigenvalue weighted by atomic mass is 32.2. The van der Waals surface area contributed by atoms with Crippen LogP contribution in [0.25, 0.3) is 0 Å². The molecule has 6 heteroatoms. The topological polar surface area (TPSA) is 64.6 Å². The molecule has 1 aliphatic heterocycles. The minimum atomic E-state index is -0.784. The average Bonchev–Trinajstić information content (AvgIpc) is 2.65. The molecule has 0 aromatic heterocycles. The number of imide groups is 1. The van der Waals surface area contributed by atoms with Gasteiger partial charge in [-0.3, -0.25) is 14.9 Å². The fourth-order valence-corrected chi connectivity index (χ4v) is 7.40. The Balaban J connectivity index is 1.14. The number of benzene rings is 1. The summed E-state index contributed by atoms with van der Waals surface area (Å²) in [5.74, 6) is 3.47. The molecule has 1 aromatic rings. The minimum absolute atomic E-state index is 0.123. The lowest BCUT2D eigenvalue weighted by Gasteiger charge is -2.56. The van der Waals surface area contributed by atoms with Crippen molar-refractivity contribution in [2.24, 2.45) is 17.8 Å². The molecule has 0 saturated heterocycles. The third-order valence-corrected chi connectivity index (χ3v) is 8.07. The predicted molar refractivity (Wildman–Crippen MR) is 103 cm³/mol. The minimum Gasteiger partial charge on any atom is -0.485 e. The number of hydrogen-bond donors (Lipinski definition) is 1. The van der Waals surface area contributed by atoms with Gasteiger partial charge in [0.1, 0.15) is 6.61 Å². The molecule has 0 unspecified atom stereocenters. The van der Waals surface area contributed by atoms with Crippen molar-refractivity contribution < 1.29 is 19.1 Å². The maximum atomic E-state index is 12.4. The van der Waals surface area contributed by atoms with E-state index in [4.69, 9.17) is 9.47 Å². The third kappa shape index (κ3) is 3.44. The zero-order valence-electron chi connectivity index (χ0n) is 15.3. The number of amides is 2. The maximum Gasteiger partial charge on any atom is 0.271 e. The molecule has 4 bridgehead atoms. The van der Waals surface area contributed by atoms with Gasteiger partial charge in [0.15, 0.2) is 11.5 Å². The molecule has 1 heterocycles. The van der Waals surface area contributed by atoms with Gasteiger partial charge in [-0.1, -0.05) is 12.1 Å². The van der Waals surface area contributed by atoms with Crippen molar-refractivity contribution in [2.45, 2.75) is 49.4 Å². The fraction of sp³-hybridized carbons (Fsp3) is 0.619. The molecule has 2 amide bonds. The van der Waals surface area contributed by atoms with Gasteiger partial charge in [0, 0.05) is 4.75 Å². The van der Waals surface area contributed by atoms with Crippen LogP contribution in [0.1, 0.15) is 38.5 Å². The first-order chi connectivity index (χ1) is 13.1. The van der Waals surface area contributed by atoms with Crippen LogP contribution in [-0.2, 0) is 9.59 Å². The van der Waals surface area contributed by atoms with E-state index in [0.717, 1.165) is 17.8 Å². The highest BCUT2D eigenvalue weighted by Gasteiger charge is 2.51. The highest BCUT2D eigenvalue weighted by molar-refractivity contribution is 8.01. The first kappa shape index (κ1) is 17.4. The van der Waals surface area contributed by atoms with Gasteiger partial charge in [0.2, 0.25) is 12.0 Å². The number of carbonyl (C=O) groups excluding carboxylic acids is 2. The first-order valence-corrected chi connectivity index (χ1v) is 10.9. The molecule has 1 atom stereocenters. The molecule has 4 aliphatic carbocycles. The maximum absolute atomic E-state index is 12.4. The Labute approximate surface area is 163 Å². The van der Waals surface area contributed by atoms with Crippen LogP contribution in [0.2, 0.25) is 0 Å². The van der Waals surface area contributed by atoms with Crippen LogP contribution in [0.15, 0.2) is 24.3 Å². The van der Waals surface area contributed by atoms with E-state index in [1.807, 2.05) is 12.1 Å². The lowest BCUT2D eigenvalue weighted by molar-refractivity contribution is -0.135. The van der Waals surface area contributed by atoms with Crippen LogP contribution in [0.3, 0.4) is 0 Å². The van der Waals surface area contributed by atoms with Gasteiger partial charge in [-0.25, -0.2) is 0 Å². The summed E-state index contributed by atoms with van der Waals surface area (Å²) in [4.78, 5) is 24.8. The van der Waals surface area contributed by atoms with Crippen molar-refractivity contribution in [3.8, 4) is 11.5 Å². The SMILES string of the molecule is O=C(CSC12CC3CC(CC(C3)C1)C2)NC(=O)[C@H]1COc2ccccc2O1. The predicted octanol–water partition coefficient (Wildman–Crippen LogP) is 3.17. The zero-order valence-corrected chi connectivity index (χ0v) is 16.1. The zero-order chi connectivity index (χ0) is 18.4. The summed E-state index contributed by atoms with van der Waals surface area (Å²) in [7, 11) is 0. The van der Waals surface area contributed by atoms with Crippen molar-refractivity contribution in [1.82, 2.24) is 5.32 Å². The van der Waals surface area contributed by atoms with Crippen molar-refractivity contribution >= 4 is 23.6 Å². The summed E-state index contributed by atoms with van der Waals surface area (Å²) in [5.41, 5.74) is 0. The second kappa shape index (κ2) is 6.73.